The molecule has 0 aliphatic carbocycles. The number of hydrogen-bond acceptors (Lipinski definition) is 2. The van der Waals surface area contributed by atoms with E-state index in [1.54, 1.807) is 13.2 Å². The topological polar surface area (TPSA) is 21.3 Å². The second-order valence-electron chi connectivity index (χ2n) is 4.57. The highest BCUT2D eigenvalue weighted by molar-refractivity contribution is 6.31. The molecule has 0 aliphatic heterocycles. The third-order valence-electron chi connectivity index (χ3n) is 2.87. The van der Waals surface area contributed by atoms with E-state index < -0.39 is 0 Å². The Labute approximate surface area is 113 Å². The van der Waals surface area contributed by atoms with Crippen molar-refractivity contribution in [3.05, 3.63) is 34.6 Å². The van der Waals surface area contributed by atoms with Crippen LogP contribution in [0.3, 0.4) is 0 Å². The molecule has 102 valence electrons. The van der Waals surface area contributed by atoms with Crippen LogP contribution in [0, 0.1) is 11.7 Å². The van der Waals surface area contributed by atoms with Gasteiger partial charge in [-0.05, 0) is 42.6 Å². The molecule has 1 N–H and O–H groups in total. The number of halogens is 2. The summed E-state index contributed by atoms with van der Waals surface area (Å²) in [6.45, 7) is 5.65. The van der Waals surface area contributed by atoms with Crippen LogP contribution in [0.1, 0.15) is 31.9 Å². The van der Waals surface area contributed by atoms with Gasteiger partial charge in [-0.3, -0.25) is 0 Å². The molecular formula is C14H21ClFNO. The summed E-state index contributed by atoms with van der Waals surface area (Å²) in [4.78, 5) is 0. The van der Waals surface area contributed by atoms with Crippen LogP contribution in [0.25, 0.3) is 0 Å². The summed E-state index contributed by atoms with van der Waals surface area (Å²) in [6, 6.07) is 4.56. The Morgan fingerprint density at radius 1 is 1.44 bits per heavy atom. The Morgan fingerprint density at radius 2 is 2.17 bits per heavy atom. The molecule has 2 atom stereocenters. The normalized spacial score (nSPS) is 14.5. The van der Waals surface area contributed by atoms with Crippen molar-refractivity contribution in [2.45, 2.75) is 26.3 Å². The number of methoxy groups -OCH3 is 1. The largest absolute Gasteiger partial charge is 0.384 e. The summed E-state index contributed by atoms with van der Waals surface area (Å²) >= 11 is 6.15. The van der Waals surface area contributed by atoms with Crippen LogP contribution < -0.4 is 5.32 Å². The molecule has 0 saturated carbocycles. The summed E-state index contributed by atoms with van der Waals surface area (Å²) < 4.78 is 18.5. The standard InChI is InChI=1S/C14H21ClFNO/c1-4-17-14(7-10(2)9-18-3)12-8-11(16)5-6-13(12)15/h5-6,8,10,14,17H,4,7,9H2,1-3H3. The van der Waals surface area contributed by atoms with Gasteiger partial charge in [0, 0.05) is 24.8 Å². The molecule has 0 amide bonds. The van der Waals surface area contributed by atoms with Crippen LogP contribution in [0.4, 0.5) is 4.39 Å². The van der Waals surface area contributed by atoms with Gasteiger partial charge < -0.3 is 10.1 Å². The second-order valence-corrected chi connectivity index (χ2v) is 4.98. The van der Waals surface area contributed by atoms with E-state index in [9.17, 15) is 4.39 Å². The van der Waals surface area contributed by atoms with Crippen LogP contribution in [0.15, 0.2) is 18.2 Å². The SMILES string of the molecule is CCNC(CC(C)COC)c1cc(F)ccc1Cl. The first-order chi connectivity index (χ1) is 8.58. The van der Waals surface area contributed by atoms with Crippen molar-refractivity contribution in [3.63, 3.8) is 0 Å². The van der Waals surface area contributed by atoms with Crippen molar-refractivity contribution in [3.8, 4) is 0 Å². The first-order valence-corrected chi connectivity index (χ1v) is 6.63. The molecule has 2 unspecified atom stereocenters. The first-order valence-electron chi connectivity index (χ1n) is 6.25. The molecular weight excluding hydrogens is 253 g/mol. The van der Waals surface area contributed by atoms with Crippen LogP contribution in [-0.4, -0.2) is 20.3 Å². The first kappa shape index (κ1) is 15.4. The minimum Gasteiger partial charge on any atom is -0.384 e. The van der Waals surface area contributed by atoms with E-state index in [0.717, 1.165) is 18.5 Å². The maximum Gasteiger partial charge on any atom is 0.123 e. The smallest absolute Gasteiger partial charge is 0.123 e. The fourth-order valence-corrected chi connectivity index (χ4v) is 2.35. The molecule has 1 aromatic carbocycles. The summed E-state index contributed by atoms with van der Waals surface area (Å²) in [5.74, 6) is 0.134. The Bertz CT molecular complexity index is 373. The van der Waals surface area contributed by atoms with Crippen molar-refractivity contribution < 1.29 is 9.13 Å². The summed E-state index contributed by atoms with van der Waals surface area (Å²) in [6.07, 6.45) is 0.866. The van der Waals surface area contributed by atoms with Crippen molar-refractivity contribution >= 4 is 11.6 Å². The Hall–Kier alpha value is -0.640. The second kappa shape index (κ2) is 7.72. The third kappa shape index (κ3) is 4.56. The molecule has 4 heteroatoms. The Kier molecular flexibility index (Phi) is 6.61. The van der Waals surface area contributed by atoms with Gasteiger partial charge in [0.2, 0.25) is 0 Å². The molecule has 0 aromatic heterocycles. The minimum absolute atomic E-state index is 0.0587. The van der Waals surface area contributed by atoms with Crippen LogP contribution in [-0.2, 0) is 4.74 Å². The lowest BCUT2D eigenvalue weighted by atomic mass is 9.96. The molecule has 0 spiro atoms. The van der Waals surface area contributed by atoms with Crippen molar-refractivity contribution in [1.82, 2.24) is 5.32 Å². The average Bonchev–Trinajstić information content (AvgIpc) is 2.32. The number of ether oxygens (including phenoxy) is 1. The van der Waals surface area contributed by atoms with Gasteiger partial charge in [-0.25, -0.2) is 4.39 Å². The van der Waals surface area contributed by atoms with E-state index in [1.165, 1.54) is 12.1 Å². The molecule has 1 rings (SSSR count). The molecule has 0 bridgehead atoms. The third-order valence-corrected chi connectivity index (χ3v) is 3.22. The van der Waals surface area contributed by atoms with Crippen LogP contribution in [0.5, 0.6) is 0 Å². The van der Waals surface area contributed by atoms with E-state index in [0.29, 0.717) is 17.5 Å². The van der Waals surface area contributed by atoms with Crippen LogP contribution in [0.2, 0.25) is 5.02 Å². The minimum atomic E-state index is -0.253. The van der Waals surface area contributed by atoms with E-state index in [2.05, 4.69) is 12.2 Å². The van der Waals surface area contributed by atoms with Gasteiger partial charge in [0.25, 0.3) is 0 Å². The summed E-state index contributed by atoms with van der Waals surface area (Å²) in [7, 11) is 1.69. The van der Waals surface area contributed by atoms with Crippen molar-refractivity contribution in [2.24, 2.45) is 5.92 Å². The van der Waals surface area contributed by atoms with Gasteiger partial charge in [-0.15, -0.1) is 0 Å². The predicted octanol–water partition coefficient (Wildman–Crippen LogP) is 3.80. The van der Waals surface area contributed by atoms with E-state index >= 15 is 0 Å². The van der Waals surface area contributed by atoms with E-state index in [1.807, 2.05) is 6.92 Å². The highest BCUT2D eigenvalue weighted by atomic mass is 35.5. The Balaban J connectivity index is 2.85. The molecule has 0 fully saturated rings. The lowest BCUT2D eigenvalue weighted by Crippen LogP contribution is -2.24. The van der Waals surface area contributed by atoms with Gasteiger partial charge in [0.05, 0.1) is 0 Å². The zero-order valence-electron chi connectivity index (χ0n) is 11.2. The molecule has 2 nitrogen and oxygen atoms in total. The highest BCUT2D eigenvalue weighted by Gasteiger charge is 2.17. The maximum atomic E-state index is 13.3. The van der Waals surface area contributed by atoms with E-state index in [-0.39, 0.29) is 11.9 Å². The quantitative estimate of drug-likeness (QED) is 0.816. The molecule has 0 aliphatic rings. The van der Waals surface area contributed by atoms with Crippen molar-refractivity contribution in [1.29, 1.82) is 0 Å². The zero-order valence-corrected chi connectivity index (χ0v) is 11.9. The van der Waals surface area contributed by atoms with Gasteiger partial charge >= 0.3 is 0 Å². The van der Waals surface area contributed by atoms with Gasteiger partial charge in [-0.1, -0.05) is 25.4 Å². The molecule has 18 heavy (non-hydrogen) atoms. The number of benzene rings is 1. The van der Waals surface area contributed by atoms with Gasteiger partial charge in [0.1, 0.15) is 5.82 Å². The average molecular weight is 274 g/mol. The molecule has 0 heterocycles. The summed E-state index contributed by atoms with van der Waals surface area (Å²) in [5, 5.41) is 3.95. The lowest BCUT2D eigenvalue weighted by Gasteiger charge is -2.23. The lowest BCUT2D eigenvalue weighted by molar-refractivity contribution is 0.149. The zero-order chi connectivity index (χ0) is 13.5. The highest BCUT2D eigenvalue weighted by Crippen LogP contribution is 2.28. The van der Waals surface area contributed by atoms with E-state index in [4.69, 9.17) is 16.3 Å². The molecule has 0 saturated heterocycles. The van der Waals surface area contributed by atoms with Crippen molar-refractivity contribution in [2.75, 3.05) is 20.3 Å². The van der Waals surface area contributed by atoms with Gasteiger partial charge in [0.15, 0.2) is 0 Å². The predicted molar refractivity (Wildman–Crippen MR) is 73.5 cm³/mol. The Morgan fingerprint density at radius 3 is 2.78 bits per heavy atom. The van der Waals surface area contributed by atoms with Crippen LogP contribution >= 0.6 is 11.6 Å². The molecule has 1 aromatic rings. The van der Waals surface area contributed by atoms with Gasteiger partial charge in [-0.2, -0.15) is 0 Å². The fourth-order valence-electron chi connectivity index (χ4n) is 2.10. The summed E-state index contributed by atoms with van der Waals surface area (Å²) in [5.41, 5.74) is 0.821. The molecule has 0 radical (unpaired) electrons. The number of nitrogens with one attached hydrogen (secondary N) is 1. The monoisotopic (exact) mass is 273 g/mol. The number of hydrogen-bond donors (Lipinski definition) is 1. The fraction of sp³-hybridized carbons (Fsp3) is 0.571. The maximum absolute atomic E-state index is 13.3. The number of rotatable bonds is 7.